The van der Waals surface area contributed by atoms with Gasteiger partial charge < -0.3 is 14.5 Å². The minimum Gasteiger partial charge on any atom is -0.476 e. The van der Waals surface area contributed by atoms with E-state index in [1.807, 2.05) is 13.0 Å². The van der Waals surface area contributed by atoms with E-state index in [-0.39, 0.29) is 5.75 Å². The molecule has 0 aliphatic rings. The number of thioether (sulfide) groups is 1. The fourth-order valence-corrected chi connectivity index (χ4v) is 2.14. The molecule has 0 aliphatic heterocycles. The second-order valence-electron chi connectivity index (χ2n) is 4.08. The van der Waals surface area contributed by atoms with Gasteiger partial charge in [-0.25, -0.2) is 4.98 Å². The maximum absolute atomic E-state index is 12.1. The van der Waals surface area contributed by atoms with E-state index in [9.17, 15) is 8.78 Å². The van der Waals surface area contributed by atoms with Crippen molar-refractivity contribution in [3.8, 4) is 5.88 Å². The van der Waals surface area contributed by atoms with Gasteiger partial charge in [0, 0.05) is 6.20 Å². The predicted octanol–water partition coefficient (Wildman–Crippen LogP) is 4.14. The molecule has 0 radical (unpaired) electrons. The molecule has 2 aromatic rings. The molecule has 0 amide bonds. The van der Waals surface area contributed by atoms with E-state index in [0.717, 1.165) is 5.69 Å². The first-order valence-electron chi connectivity index (χ1n) is 6.48. The Hall–Kier alpha value is -1.76. The number of hydrogen-bond donors (Lipinski definition) is 1. The van der Waals surface area contributed by atoms with Gasteiger partial charge in [-0.1, -0.05) is 11.8 Å². The summed E-state index contributed by atoms with van der Waals surface area (Å²) in [5, 5.41) is 3.16. The lowest BCUT2D eigenvalue weighted by atomic mass is 10.3. The molecule has 0 fully saturated rings. The van der Waals surface area contributed by atoms with Gasteiger partial charge in [0.25, 0.3) is 5.76 Å². The summed E-state index contributed by atoms with van der Waals surface area (Å²) in [5.41, 5.74) is 0.763. The molecule has 1 N–H and O–H groups in total. The molecule has 0 bridgehead atoms. The summed E-state index contributed by atoms with van der Waals surface area (Å²) in [7, 11) is 0. The highest BCUT2D eigenvalue weighted by Gasteiger charge is 2.08. The van der Waals surface area contributed by atoms with E-state index in [2.05, 4.69) is 10.3 Å². The molecular formula is C14H16F2N2O2S. The van der Waals surface area contributed by atoms with Gasteiger partial charge in [-0.2, -0.15) is 8.78 Å². The van der Waals surface area contributed by atoms with Crippen LogP contribution in [0.3, 0.4) is 0 Å². The maximum atomic E-state index is 12.1. The number of rotatable bonds is 8. The van der Waals surface area contributed by atoms with Gasteiger partial charge in [0.2, 0.25) is 5.88 Å². The van der Waals surface area contributed by atoms with Gasteiger partial charge in [0.15, 0.2) is 0 Å². The van der Waals surface area contributed by atoms with Crippen molar-refractivity contribution >= 4 is 17.4 Å². The van der Waals surface area contributed by atoms with Gasteiger partial charge in [0.1, 0.15) is 11.5 Å². The summed E-state index contributed by atoms with van der Waals surface area (Å²) in [4.78, 5) is 4.13. The SMILES string of the molecule is CCOc1ncccc1NCc1ccc(CSC(F)F)o1. The highest BCUT2D eigenvalue weighted by Crippen LogP contribution is 2.23. The predicted molar refractivity (Wildman–Crippen MR) is 78.7 cm³/mol. The van der Waals surface area contributed by atoms with Crippen molar-refractivity contribution in [1.82, 2.24) is 4.98 Å². The van der Waals surface area contributed by atoms with E-state index in [1.165, 1.54) is 0 Å². The average molecular weight is 314 g/mol. The molecule has 0 saturated heterocycles. The molecule has 0 spiro atoms. The van der Waals surface area contributed by atoms with Gasteiger partial charge in [-0.05, 0) is 31.2 Å². The van der Waals surface area contributed by atoms with E-state index in [0.29, 0.717) is 42.3 Å². The van der Waals surface area contributed by atoms with E-state index in [4.69, 9.17) is 9.15 Å². The van der Waals surface area contributed by atoms with Crippen molar-refractivity contribution in [3.05, 3.63) is 42.0 Å². The molecule has 0 unspecified atom stereocenters. The third-order valence-electron chi connectivity index (χ3n) is 2.57. The molecule has 7 heteroatoms. The number of halogens is 2. The summed E-state index contributed by atoms with van der Waals surface area (Å²) >= 11 is 0.544. The molecular weight excluding hydrogens is 298 g/mol. The Kier molecular flexibility index (Phi) is 5.86. The molecule has 4 nitrogen and oxygen atoms in total. The Bertz CT molecular complexity index is 563. The van der Waals surface area contributed by atoms with Crippen LogP contribution >= 0.6 is 11.8 Å². The number of pyridine rings is 1. The molecule has 0 aliphatic carbocycles. The maximum Gasteiger partial charge on any atom is 0.284 e. The zero-order chi connectivity index (χ0) is 15.1. The number of anilines is 1. The number of alkyl halides is 2. The Balaban J connectivity index is 1.91. The zero-order valence-corrected chi connectivity index (χ0v) is 12.3. The third-order valence-corrected chi connectivity index (χ3v) is 3.28. The zero-order valence-electron chi connectivity index (χ0n) is 11.5. The highest BCUT2D eigenvalue weighted by molar-refractivity contribution is 7.98. The van der Waals surface area contributed by atoms with Crippen molar-refractivity contribution in [1.29, 1.82) is 0 Å². The number of hydrogen-bond acceptors (Lipinski definition) is 5. The minimum atomic E-state index is -2.39. The Labute approximate surface area is 125 Å². The van der Waals surface area contributed by atoms with Crippen molar-refractivity contribution in [2.75, 3.05) is 11.9 Å². The minimum absolute atomic E-state index is 0.161. The van der Waals surface area contributed by atoms with Crippen LogP contribution in [0.2, 0.25) is 0 Å². The number of nitrogens with one attached hydrogen (secondary N) is 1. The Morgan fingerprint density at radius 1 is 1.33 bits per heavy atom. The van der Waals surface area contributed by atoms with Crippen molar-refractivity contribution in [2.24, 2.45) is 0 Å². The number of nitrogens with zero attached hydrogens (tertiary/aromatic N) is 1. The van der Waals surface area contributed by atoms with Crippen LogP contribution < -0.4 is 10.1 Å². The molecule has 0 atom stereocenters. The van der Waals surface area contributed by atoms with Crippen LogP contribution in [0, 0.1) is 0 Å². The Morgan fingerprint density at radius 2 is 2.14 bits per heavy atom. The first kappa shape index (κ1) is 15.6. The lowest BCUT2D eigenvalue weighted by Gasteiger charge is -2.09. The summed E-state index contributed by atoms with van der Waals surface area (Å²) in [6.45, 7) is 2.85. The summed E-state index contributed by atoms with van der Waals surface area (Å²) in [5.74, 6) is -0.491. The number of furan rings is 1. The fourth-order valence-electron chi connectivity index (χ4n) is 1.70. The van der Waals surface area contributed by atoms with Crippen molar-refractivity contribution in [3.63, 3.8) is 0 Å². The Morgan fingerprint density at radius 3 is 2.90 bits per heavy atom. The average Bonchev–Trinajstić information content (AvgIpc) is 2.92. The van der Waals surface area contributed by atoms with E-state index in [1.54, 1.807) is 24.4 Å². The third kappa shape index (κ3) is 4.93. The first-order chi connectivity index (χ1) is 10.2. The van der Waals surface area contributed by atoms with Crippen LogP contribution in [0.4, 0.5) is 14.5 Å². The normalized spacial score (nSPS) is 10.9. The van der Waals surface area contributed by atoms with E-state index >= 15 is 0 Å². The summed E-state index contributed by atoms with van der Waals surface area (Å²) < 4.78 is 35.1. The van der Waals surface area contributed by atoms with Gasteiger partial charge in [-0.3, -0.25) is 0 Å². The standard InChI is InChI=1S/C14H16F2N2O2S/c1-2-19-13-12(4-3-7-17-13)18-8-10-5-6-11(20-10)9-21-14(15)16/h3-7,14,18H,2,8-9H2,1H3. The van der Waals surface area contributed by atoms with Gasteiger partial charge in [0.05, 0.1) is 24.6 Å². The molecule has 0 aromatic carbocycles. The molecule has 21 heavy (non-hydrogen) atoms. The first-order valence-corrected chi connectivity index (χ1v) is 7.53. The second kappa shape index (κ2) is 7.87. The van der Waals surface area contributed by atoms with Gasteiger partial charge in [-0.15, -0.1) is 0 Å². The van der Waals surface area contributed by atoms with Crippen LogP contribution in [-0.4, -0.2) is 17.3 Å². The summed E-state index contributed by atoms with van der Waals surface area (Å²) in [6.07, 6.45) is 1.66. The van der Waals surface area contributed by atoms with Crippen molar-refractivity contribution < 1.29 is 17.9 Å². The smallest absolute Gasteiger partial charge is 0.284 e. The molecule has 114 valence electrons. The number of aromatic nitrogens is 1. The fraction of sp³-hybridized carbons (Fsp3) is 0.357. The van der Waals surface area contributed by atoms with E-state index < -0.39 is 5.76 Å². The van der Waals surface area contributed by atoms with Crippen LogP contribution in [0.15, 0.2) is 34.9 Å². The van der Waals surface area contributed by atoms with Crippen LogP contribution in [0.1, 0.15) is 18.4 Å². The highest BCUT2D eigenvalue weighted by atomic mass is 32.2. The molecule has 0 saturated carbocycles. The molecule has 2 heterocycles. The van der Waals surface area contributed by atoms with Crippen LogP contribution in [0.5, 0.6) is 5.88 Å². The van der Waals surface area contributed by atoms with Gasteiger partial charge >= 0.3 is 0 Å². The topological polar surface area (TPSA) is 47.3 Å². The molecule has 2 aromatic heterocycles. The van der Waals surface area contributed by atoms with Crippen LogP contribution in [-0.2, 0) is 12.3 Å². The monoisotopic (exact) mass is 314 g/mol. The summed E-state index contributed by atoms with van der Waals surface area (Å²) in [6, 6.07) is 7.14. The number of ether oxygens (including phenoxy) is 1. The quantitative estimate of drug-likeness (QED) is 0.793. The largest absolute Gasteiger partial charge is 0.476 e. The second-order valence-corrected chi connectivity index (χ2v) is 5.06. The molecule has 2 rings (SSSR count). The lowest BCUT2D eigenvalue weighted by Crippen LogP contribution is -2.03. The lowest BCUT2D eigenvalue weighted by molar-refractivity contribution is 0.251. The van der Waals surface area contributed by atoms with Crippen LogP contribution in [0.25, 0.3) is 0 Å². The van der Waals surface area contributed by atoms with Crippen molar-refractivity contribution in [2.45, 2.75) is 25.0 Å².